The third-order valence-electron chi connectivity index (χ3n) is 5.03. The number of carbonyl (C=O) groups excluding carboxylic acids is 2. The van der Waals surface area contributed by atoms with Crippen LogP contribution in [0, 0.1) is 0 Å². The van der Waals surface area contributed by atoms with Gasteiger partial charge in [-0.05, 0) is 72.6 Å². The molecule has 2 amide bonds. The number of hydrogen-bond donors (Lipinski definition) is 1. The van der Waals surface area contributed by atoms with Crippen molar-refractivity contribution in [2.75, 3.05) is 30.5 Å². The maximum atomic E-state index is 13.0. The predicted molar refractivity (Wildman–Crippen MR) is 120 cm³/mol. The normalized spacial score (nSPS) is 12.3. The van der Waals surface area contributed by atoms with Gasteiger partial charge in [-0.1, -0.05) is 17.7 Å². The number of amides is 2. The molecule has 1 heterocycles. The van der Waals surface area contributed by atoms with Gasteiger partial charge in [-0.25, -0.2) is 0 Å². The average molecular weight is 437 g/mol. The molecule has 1 N–H and O–H groups in total. The van der Waals surface area contributed by atoms with Gasteiger partial charge in [0, 0.05) is 28.5 Å². The number of benzene rings is 3. The molecule has 1 aliphatic heterocycles. The van der Waals surface area contributed by atoms with Gasteiger partial charge >= 0.3 is 0 Å². The van der Waals surface area contributed by atoms with E-state index in [0.29, 0.717) is 34.3 Å². The van der Waals surface area contributed by atoms with Crippen LogP contribution in [0.5, 0.6) is 11.5 Å². The Morgan fingerprint density at radius 3 is 2.42 bits per heavy atom. The molecular weight excluding hydrogens is 416 g/mol. The van der Waals surface area contributed by atoms with Crippen LogP contribution in [0.3, 0.4) is 0 Å². The van der Waals surface area contributed by atoms with E-state index in [9.17, 15) is 9.59 Å². The Bertz CT molecular complexity index is 1100. The molecule has 7 heteroatoms. The minimum Gasteiger partial charge on any atom is -0.497 e. The van der Waals surface area contributed by atoms with E-state index in [1.807, 2.05) is 18.2 Å². The molecule has 6 nitrogen and oxygen atoms in total. The smallest absolute Gasteiger partial charge is 0.262 e. The highest BCUT2D eigenvalue weighted by molar-refractivity contribution is 6.30. The number of anilines is 2. The average Bonchev–Trinajstić information content (AvgIpc) is 3.21. The largest absolute Gasteiger partial charge is 0.497 e. The first-order chi connectivity index (χ1) is 15.0. The standard InChI is InChI=1S/C24H21ClN2O4/c1-30-20-8-3-17(4-9-20)24(29)27-13-12-16-2-7-19(14-22(16)27)26-23(28)15-31-21-10-5-18(25)6-11-21/h2-11,14H,12-13,15H2,1H3,(H,26,28). The van der Waals surface area contributed by atoms with Gasteiger partial charge in [0.1, 0.15) is 11.5 Å². The van der Waals surface area contributed by atoms with E-state index in [-0.39, 0.29) is 18.4 Å². The summed E-state index contributed by atoms with van der Waals surface area (Å²) in [6.07, 6.45) is 0.769. The highest BCUT2D eigenvalue weighted by Gasteiger charge is 2.26. The Morgan fingerprint density at radius 1 is 1.00 bits per heavy atom. The second-order valence-electron chi connectivity index (χ2n) is 7.07. The first-order valence-corrected chi connectivity index (χ1v) is 10.2. The third kappa shape index (κ3) is 4.81. The van der Waals surface area contributed by atoms with Crippen LogP contribution in [0.4, 0.5) is 11.4 Å². The molecule has 0 aliphatic carbocycles. The number of halogens is 1. The van der Waals surface area contributed by atoms with Crippen molar-refractivity contribution in [1.82, 2.24) is 0 Å². The lowest BCUT2D eigenvalue weighted by molar-refractivity contribution is -0.118. The lowest BCUT2D eigenvalue weighted by atomic mass is 10.1. The van der Waals surface area contributed by atoms with Gasteiger partial charge < -0.3 is 19.7 Å². The molecule has 0 spiro atoms. The van der Waals surface area contributed by atoms with Crippen LogP contribution in [0.2, 0.25) is 5.02 Å². The highest BCUT2D eigenvalue weighted by Crippen LogP contribution is 2.32. The predicted octanol–water partition coefficient (Wildman–Crippen LogP) is 4.57. The van der Waals surface area contributed by atoms with Crippen molar-refractivity contribution in [2.24, 2.45) is 0 Å². The third-order valence-corrected chi connectivity index (χ3v) is 5.28. The second-order valence-corrected chi connectivity index (χ2v) is 7.51. The zero-order valence-corrected chi connectivity index (χ0v) is 17.7. The minimum absolute atomic E-state index is 0.0871. The first kappa shape index (κ1) is 20.8. The lowest BCUT2D eigenvalue weighted by Gasteiger charge is -2.18. The van der Waals surface area contributed by atoms with Gasteiger partial charge in [0.05, 0.1) is 7.11 Å². The monoisotopic (exact) mass is 436 g/mol. The van der Waals surface area contributed by atoms with Crippen molar-refractivity contribution in [2.45, 2.75) is 6.42 Å². The molecule has 0 saturated carbocycles. The number of ether oxygens (including phenoxy) is 2. The zero-order chi connectivity index (χ0) is 21.8. The Hall–Kier alpha value is -3.51. The number of carbonyl (C=O) groups is 2. The lowest BCUT2D eigenvalue weighted by Crippen LogP contribution is -2.29. The second kappa shape index (κ2) is 9.10. The SMILES string of the molecule is COc1ccc(C(=O)N2CCc3ccc(NC(=O)COc4ccc(Cl)cc4)cc32)cc1. The summed E-state index contributed by atoms with van der Waals surface area (Å²) in [6.45, 7) is 0.463. The number of hydrogen-bond acceptors (Lipinski definition) is 4. The van der Waals surface area contributed by atoms with Crippen molar-refractivity contribution < 1.29 is 19.1 Å². The Labute approximate surface area is 185 Å². The van der Waals surface area contributed by atoms with Crippen molar-refractivity contribution in [3.63, 3.8) is 0 Å². The number of fused-ring (bicyclic) bond motifs is 1. The summed E-state index contributed by atoms with van der Waals surface area (Å²) in [5, 5.41) is 3.42. The van der Waals surface area contributed by atoms with Gasteiger partial charge in [-0.15, -0.1) is 0 Å². The van der Waals surface area contributed by atoms with Crippen molar-refractivity contribution in [1.29, 1.82) is 0 Å². The molecule has 0 fully saturated rings. The number of nitrogens with zero attached hydrogens (tertiary/aromatic N) is 1. The van der Waals surface area contributed by atoms with Crippen molar-refractivity contribution in [3.8, 4) is 11.5 Å². The van der Waals surface area contributed by atoms with Crippen molar-refractivity contribution >= 4 is 34.8 Å². The molecule has 3 aromatic carbocycles. The van der Waals surface area contributed by atoms with E-state index >= 15 is 0 Å². The molecule has 0 saturated heterocycles. The molecule has 31 heavy (non-hydrogen) atoms. The molecule has 4 rings (SSSR count). The van der Waals surface area contributed by atoms with Crippen LogP contribution < -0.4 is 19.7 Å². The van der Waals surface area contributed by atoms with E-state index in [4.69, 9.17) is 21.1 Å². The molecule has 1 aliphatic rings. The fourth-order valence-electron chi connectivity index (χ4n) is 3.43. The zero-order valence-electron chi connectivity index (χ0n) is 16.9. The minimum atomic E-state index is -0.291. The van der Waals surface area contributed by atoms with Gasteiger partial charge in [0.25, 0.3) is 11.8 Å². The van der Waals surface area contributed by atoms with Gasteiger partial charge in [-0.2, -0.15) is 0 Å². The molecule has 0 atom stereocenters. The molecule has 0 aromatic heterocycles. The Balaban J connectivity index is 1.43. The van der Waals surface area contributed by atoms with E-state index in [2.05, 4.69) is 5.32 Å². The fourth-order valence-corrected chi connectivity index (χ4v) is 3.56. The molecular formula is C24H21ClN2O4. The Kier molecular flexibility index (Phi) is 6.09. The summed E-state index contributed by atoms with van der Waals surface area (Å²) in [6, 6.07) is 19.4. The number of rotatable bonds is 6. The van der Waals surface area contributed by atoms with Crippen LogP contribution in [0.15, 0.2) is 66.7 Å². The molecule has 0 bridgehead atoms. The number of methoxy groups -OCH3 is 1. The molecule has 3 aromatic rings. The van der Waals surface area contributed by atoms with E-state index in [1.165, 1.54) is 0 Å². The molecule has 158 valence electrons. The summed E-state index contributed by atoms with van der Waals surface area (Å²) in [5.74, 6) is 0.880. The van der Waals surface area contributed by atoms with Crippen LogP contribution >= 0.6 is 11.6 Å². The first-order valence-electron chi connectivity index (χ1n) is 9.80. The van der Waals surface area contributed by atoms with Crippen LogP contribution in [-0.4, -0.2) is 32.1 Å². The Morgan fingerprint density at radius 2 is 1.71 bits per heavy atom. The topological polar surface area (TPSA) is 67.9 Å². The van der Waals surface area contributed by atoms with E-state index < -0.39 is 0 Å². The summed E-state index contributed by atoms with van der Waals surface area (Å²) in [4.78, 5) is 27.0. The summed E-state index contributed by atoms with van der Waals surface area (Å²) in [5.41, 5.74) is 3.06. The number of nitrogens with one attached hydrogen (secondary N) is 1. The summed E-state index contributed by atoms with van der Waals surface area (Å²) in [7, 11) is 1.59. The summed E-state index contributed by atoms with van der Waals surface area (Å²) >= 11 is 5.85. The van der Waals surface area contributed by atoms with E-state index in [0.717, 1.165) is 17.7 Å². The van der Waals surface area contributed by atoms with Crippen molar-refractivity contribution in [3.05, 3.63) is 82.9 Å². The summed E-state index contributed by atoms with van der Waals surface area (Å²) < 4.78 is 10.6. The van der Waals surface area contributed by atoms with Crippen LogP contribution in [0.1, 0.15) is 15.9 Å². The maximum Gasteiger partial charge on any atom is 0.262 e. The van der Waals surface area contributed by atoms with Gasteiger partial charge in [0.15, 0.2) is 6.61 Å². The fraction of sp³-hybridized carbons (Fsp3) is 0.167. The van der Waals surface area contributed by atoms with Gasteiger partial charge in [-0.3, -0.25) is 9.59 Å². The van der Waals surface area contributed by atoms with Crippen LogP contribution in [-0.2, 0) is 11.2 Å². The molecule has 0 unspecified atom stereocenters. The highest BCUT2D eigenvalue weighted by atomic mass is 35.5. The van der Waals surface area contributed by atoms with Crippen LogP contribution in [0.25, 0.3) is 0 Å². The van der Waals surface area contributed by atoms with E-state index in [1.54, 1.807) is 60.5 Å². The van der Waals surface area contributed by atoms with Gasteiger partial charge in [0.2, 0.25) is 0 Å². The maximum absolute atomic E-state index is 13.0. The molecule has 0 radical (unpaired) electrons. The quantitative estimate of drug-likeness (QED) is 0.614.